The first-order chi connectivity index (χ1) is 9.66. The third-order valence-electron chi connectivity index (χ3n) is 2.11. The van der Waals surface area contributed by atoms with E-state index in [1.165, 1.54) is 35.0 Å². The minimum Gasteiger partial charge on any atom is -0.396 e. The molecule has 0 bridgehead atoms. The van der Waals surface area contributed by atoms with Crippen molar-refractivity contribution in [3.63, 3.8) is 0 Å². The van der Waals surface area contributed by atoms with Crippen LogP contribution in [0.4, 0.5) is 0 Å². The molecule has 0 fully saturated rings. The standard InChI is InChI=1S/C7H22O9Si5/c1-9-17-13-19(5,8)15-21(7,12-4)16-20(6,11-3)14-18-10-2/h8H,1-7H3. The fraction of sp³-hybridized carbons (Fsp3) is 1.00. The quantitative estimate of drug-likeness (QED) is 0.439. The van der Waals surface area contributed by atoms with Gasteiger partial charge in [-0.3, -0.25) is 0 Å². The Kier molecular flexibility index (Phi) is 10.1. The Morgan fingerprint density at radius 3 is 1.62 bits per heavy atom. The van der Waals surface area contributed by atoms with Gasteiger partial charge in [-0.1, -0.05) is 0 Å². The second-order valence-electron chi connectivity index (χ2n) is 4.01. The summed E-state index contributed by atoms with van der Waals surface area (Å²) in [6, 6.07) is 0. The van der Waals surface area contributed by atoms with Gasteiger partial charge in [0.05, 0.1) is 0 Å². The predicted molar refractivity (Wildman–Crippen MR) is 81.0 cm³/mol. The highest BCUT2D eigenvalue weighted by atomic mass is 28.5. The SMILES string of the molecule is CO[Si]O[Si](C)(O)O[Si](C)(OC)O[Si](C)(OC)O[Si]OC. The number of hydrogen-bond acceptors (Lipinski definition) is 9. The van der Waals surface area contributed by atoms with Crippen molar-refractivity contribution in [1.29, 1.82) is 0 Å². The van der Waals surface area contributed by atoms with E-state index >= 15 is 0 Å². The third kappa shape index (κ3) is 8.81. The van der Waals surface area contributed by atoms with Gasteiger partial charge in [0.15, 0.2) is 0 Å². The van der Waals surface area contributed by atoms with E-state index in [4.69, 9.17) is 34.2 Å². The molecule has 3 atom stereocenters. The topological polar surface area (TPSA) is 94.1 Å². The average Bonchev–Trinajstić information content (AvgIpc) is 2.42. The molecule has 124 valence electrons. The Hall–Kier alpha value is 0.724. The van der Waals surface area contributed by atoms with Crippen LogP contribution >= 0.6 is 0 Å². The van der Waals surface area contributed by atoms with Crippen molar-refractivity contribution in [2.45, 2.75) is 19.6 Å². The summed E-state index contributed by atoms with van der Waals surface area (Å²) >= 11 is 0. The average molecular weight is 391 g/mol. The Labute approximate surface area is 134 Å². The third-order valence-corrected chi connectivity index (χ3v) is 13.6. The first-order valence-corrected chi connectivity index (χ1v) is 14.2. The molecule has 0 amide bonds. The van der Waals surface area contributed by atoms with Gasteiger partial charge in [0.25, 0.3) is 0 Å². The highest BCUT2D eigenvalue weighted by Gasteiger charge is 2.51. The zero-order valence-corrected chi connectivity index (χ0v) is 18.2. The van der Waals surface area contributed by atoms with E-state index in [0.29, 0.717) is 0 Å². The van der Waals surface area contributed by atoms with Crippen LogP contribution in [0, 0.1) is 0 Å². The fourth-order valence-corrected chi connectivity index (χ4v) is 11.4. The molecule has 0 heterocycles. The van der Waals surface area contributed by atoms with Crippen molar-refractivity contribution in [2.24, 2.45) is 0 Å². The van der Waals surface area contributed by atoms with Crippen molar-refractivity contribution >= 4 is 46.4 Å². The molecule has 3 unspecified atom stereocenters. The van der Waals surface area contributed by atoms with Gasteiger partial charge in [0.1, 0.15) is 0 Å². The molecule has 21 heavy (non-hydrogen) atoms. The summed E-state index contributed by atoms with van der Waals surface area (Å²) in [5.41, 5.74) is 0. The van der Waals surface area contributed by atoms with Crippen LogP contribution in [0.5, 0.6) is 0 Å². The molecule has 0 aliphatic heterocycles. The molecule has 0 rings (SSSR count). The molecule has 14 heteroatoms. The van der Waals surface area contributed by atoms with Crippen LogP contribution < -0.4 is 0 Å². The van der Waals surface area contributed by atoms with Gasteiger partial charge < -0.3 is 39.0 Å². The second kappa shape index (κ2) is 9.77. The van der Waals surface area contributed by atoms with Gasteiger partial charge in [-0.15, -0.1) is 0 Å². The van der Waals surface area contributed by atoms with E-state index in [1.54, 1.807) is 13.1 Å². The Balaban J connectivity index is 4.83. The highest BCUT2D eigenvalue weighted by molar-refractivity contribution is 6.80. The molecule has 0 aromatic heterocycles. The Morgan fingerprint density at radius 1 is 0.714 bits per heavy atom. The molecule has 4 radical (unpaired) electrons. The van der Waals surface area contributed by atoms with Gasteiger partial charge in [0, 0.05) is 48.1 Å². The molecule has 0 aliphatic carbocycles. The first-order valence-electron chi connectivity index (χ1n) is 5.81. The summed E-state index contributed by atoms with van der Waals surface area (Å²) < 4.78 is 42.3. The minimum absolute atomic E-state index is 0.229. The smallest absolute Gasteiger partial charge is 0.396 e. The lowest BCUT2D eigenvalue weighted by molar-refractivity contribution is 0.108. The van der Waals surface area contributed by atoms with Crippen molar-refractivity contribution in [3.05, 3.63) is 0 Å². The Morgan fingerprint density at radius 2 is 1.19 bits per heavy atom. The van der Waals surface area contributed by atoms with E-state index in [1.807, 2.05) is 0 Å². The van der Waals surface area contributed by atoms with Gasteiger partial charge in [-0.05, 0) is 0 Å². The van der Waals surface area contributed by atoms with Gasteiger partial charge in [-0.25, -0.2) is 0 Å². The van der Waals surface area contributed by atoms with Crippen LogP contribution in [0.15, 0.2) is 0 Å². The van der Waals surface area contributed by atoms with Crippen molar-refractivity contribution < 1.29 is 39.0 Å². The monoisotopic (exact) mass is 390 g/mol. The predicted octanol–water partition coefficient (Wildman–Crippen LogP) is -0.595. The maximum absolute atomic E-state index is 10.2. The molecule has 0 aromatic carbocycles. The zero-order chi connectivity index (χ0) is 16.6. The highest BCUT2D eigenvalue weighted by Crippen LogP contribution is 2.21. The summed E-state index contributed by atoms with van der Waals surface area (Å²) in [4.78, 5) is 10.2. The van der Waals surface area contributed by atoms with Crippen LogP contribution in [0.1, 0.15) is 0 Å². The van der Waals surface area contributed by atoms with Crippen LogP contribution in [-0.4, -0.2) is 79.7 Å². The first kappa shape index (κ1) is 21.7. The second-order valence-corrected chi connectivity index (χ2v) is 14.5. The maximum Gasteiger partial charge on any atom is 0.482 e. The summed E-state index contributed by atoms with van der Waals surface area (Å²) in [6.45, 7) is 4.76. The van der Waals surface area contributed by atoms with Crippen LogP contribution in [0.2, 0.25) is 19.6 Å². The lowest BCUT2D eigenvalue weighted by atomic mass is 11.8. The number of rotatable bonds is 12. The molecule has 1 N–H and O–H groups in total. The fourth-order valence-electron chi connectivity index (χ4n) is 1.15. The Bertz CT molecular complexity index is 298. The largest absolute Gasteiger partial charge is 0.482 e. The molecule has 0 saturated heterocycles. The maximum atomic E-state index is 10.2. The molecule has 0 aliphatic rings. The van der Waals surface area contributed by atoms with Crippen LogP contribution in [0.3, 0.4) is 0 Å². The zero-order valence-electron chi connectivity index (χ0n) is 13.2. The normalized spacial score (nSPS) is 20.6. The van der Waals surface area contributed by atoms with Crippen molar-refractivity contribution in [1.82, 2.24) is 0 Å². The summed E-state index contributed by atoms with van der Waals surface area (Å²) in [5.74, 6) is 0. The van der Waals surface area contributed by atoms with Crippen LogP contribution in [-0.2, 0) is 34.2 Å². The van der Waals surface area contributed by atoms with Gasteiger partial charge in [0.2, 0.25) is 0 Å². The number of hydrogen-bond donors (Lipinski definition) is 1. The van der Waals surface area contributed by atoms with E-state index in [-0.39, 0.29) is 20.0 Å². The summed E-state index contributed by atoms with van der Waals surface area (Å²) in [5, 5.41) is 0. The van der Waals surface area contributed by atoms with E-state index in [9.17, 15) is 4.80 Å². The lowest BCUT2D eigenvalue weighted by Crippen LogP contribution is -2.60. The minimum atomic E-state index is -3.44. The molecular weight excluding hydrogens is 368 g/mol. The summed E-state index contributed by atoms with van der Waals surface area (Å²) in [6.07, 6.45) is 0. The summed E-state index contributed by atoms with van der Waals surface area (Å²) in [7, 11) is -4.37. The van der Waals surface area contributed by atoms with Gasteiger partial charge in [-0.2, -0.15) is 0 Å². The lowest BCUT2D eigenvalue weighted by Gasteiger charge is -2.36. The van der Waals surface area contributed by atoms with E-state index in [0.717, 1.165) is 0 Å². The van der Waals surface area contributed by atoms with Crippen LogP contribution in [0.25, 0.3) is 0 Å². The van der Waals surface area contributed by atoms with Gasteiger partial charge >= 0.3 is 46.4 Å². The van der Waals surface area contributed by atoms with E-state index in [2.05, 4.69) is 0 Å². The molecule has 0 spiro atoms. The van der Waals surface area contributed by atoms with Crippen molar-refractivity contribution in [2.75, 3.05) is 28.4 Å². The molecule has 0 saturated carbocycles. The molecule has 0 aromatic rings. The molecule has 9 nitrogen and oxygen atoms in total. The van der Waals surface area contributed by atoms with E-state index < -0.39 is 26.4 Å². The van der Waals surface area contributed by atoms with Crippen molar-refractivity contribution in [3.8, 4) is 0 Å². The molecular formula is C7H22O9Si5.